The average Bonchev–Trinajstić information content (AvgIpc) is 2.12. The number of alkyl halides is 6. The van der Waals surface area contributed by atoms with Gasteiger partial charge in [0.15, 0.2) is 5.78 Å². The summed E-state index contributed by atoms with van der Waals surface area (Å²) in [5.41, 5.74) is -3.57. The summed E-state index contributed by atoms with van der Waals surface area (Å²) in [7, 11) is 0. The van der Waals surface area contributed by atoms with Gasteiger partial charge in [0.2, 0.25) is 0 Å². The molecule has 0 N–H and O–H groups in total. The maximum absolute atomic E-state index is 12.7. The lowest BCUT2D eigenvalue weighted by Crippen LogP contribution is -2.17. The molecule has 100 valence electrons. The third-order valence-corrected chi connectivity index (χ3v) is 2.93. The lowest BCUT2D eigenvalue weighted by molar-refractivity contribution is -0.142. The second-order valence-electron chi connectivity index (χ2n) is 3.43. The van der Waals surface area contributed by atoms with Gasteiger partial charge in [0.25, 0.3) is 0 Å². The van der Waals surface area contributed by atoms with E-state index in [1.165, 1.54) is 0 Å². The van der Waals surface area contributed by atoms with E-state index >= 15 is 0 Å². The van der Waals surface area contributed by atoms with Crippen molar-refractivity contribution in [3.8, 4) is 0 Å². The predicted octanol–water partition coefficient (Wildman–Crippen LogP) is 4.53. The van der Waals surface area contributed by atoms with E-state index < -0.39 is 38.4 Å². The Morgan fingerprint density at radius 2 is 1.56 bits per heavy atom. The van der Waals surface area contributed by atoms with Crippen molar-refractivity contribution in [1.82, 2.24) is 0 Å². The Morgan fingerprint density at radius 1 is 1.06 bits per heavy atom. The van der Waals surface area contributed by atoms with Crippen LogP contribution >= 0.6 is 22.6 Å². The number of hydrogen-bond donors (Lipinski definition) is 0. The molecule has 0 heterocycles. The van der Waals surface area contributed by atoms with Crippen molar-refractivity contribution in [1.29, 1.82) is 0 Å². The second-order valence-corrected chi connectivity index (χ2v) is 4.59. The van der Waals surface area contributed by atoms with Gasteiger partial charge in [-0.25, -0.2) is 0 Å². The van der Waals surface area contributed by atoms with Crippen LogP contribution in [0.5, 0.6) is 0 Å². The van der Waals surface area contributed by atoms with Crippen molar-refractivity contribution in [2.45, 2.75) is 19.3 Å². The molecule has 18 heavy (non-hydrogen) atoms. The lowest BCUT2D eigenvalue weighted by Gasteiger charge is -2.16. The van der Waals surface area contributed by atoms with Gasteiger partial charge in [0.1, 0.15) is 0 Å². The van der Waals surface area contributed by atoms with Crippen molar-refractivity contribution in [2.75, 3.05) is 0 Å². The molecule has 8 heteroatoms. The number of Topliss-reactive ketones (excluding diaryl/α,β-unsaturated/α-hetero) is 1. The van der Waals surface area contributed by atoms with E-state index in [9.17, 15) is 31.1 Å². The summed E-state index contributed by atoms with van der Waals surface area (Å²) in [5.74, 6) is -1.06. The Balaban J connectivity index is 3.62. The lowest BCUT2D eigenvalue weighted by atomic mass is 10.0. The highest BCUT2D eigenvalue weighted by Gasteiger charge is 2.40. The first kappa shape index (κ1) is 15.3. The molecule has 0 saturated carbocycles. The molecule has 1 aromatic carbocycles. The van der Waals surface area contributed by atoms with Crippen molar-refractivity contribution >= 4 is 28.4 Å². The standard InChI is InChI=1S/C10H5F6IO/c1-4(18)6-2-5(9(11,12)13)3-7(17)8(6)10(14,15)16/h2-3H,1H3. The van der Waals surface area contributed by atoms with Crippen LogP contribution in [-0.2, 0) is 12.4 Å². The maximum Gasteiger partial charge on any atom is 0.418 e. The number of rotatable bonds is 1. The van der Waals surface area contributed by atoms with Crippen LogP contribution in [0.1, 0.15) is 28.4 Å². The minimum absolute atomic E-state index is 0.229. The predicted molar refractivity (Wildman–Crippen MR) is 59.2 cm³/mol. The molecule has 0 aliphatic rings. The Labute approximate surface area is 111 Å². The smallest absolute Gasteiger partial charge is 0.294 e. The summed E-state index contributed by atoms with van der Waals surface area (Å²) in [6.45, 7) is 0.792. The van der Waals surface area contributed by atoms with Crippen molar-refractivity contribution < 1.29 is 31.1 Å². The van der Waals surface area contributed by atoms with Crippen LogP contribution in [0.2, 0.25) is 0 Å². The Morgan fingerprint density at radius 3 is 1.89 bits per heavy atom. The van der Waals surface area contributed by atoms with Crippen LogP contribution < -0.4 is 0 Å². The fraction of sp³-hybridized carbons (Fsp3) is 0.300. The second kappa shape index (κ2) is 4.71. The summed E-state index contributed by atoms with van der Waals surface area (Å²) in [6, 6.07) is 0.600. The van der Waals surface area contributed by atoms with E-state index in [0.29, 0.717) is 6.07 Å². The first-order valence-electron chi connectivity index (χ1n) is 4.43. The molecule has 0 fully saturated rings. The monoisotopic (exact) mass is 382 g/mol. The topological polar surface area (TPSA) is 17.1 Å². The Kier molecular flexibility index (Phi) is 3.99. The van der Waals surface area contributed by atoms with Crippen molar-refractivity contribution in [3.05, 3.63) is 32.4 Å². The van der Waals surface area contributed by atoms with Gasteiger partial charge in [-0.2, -0.15) is 26.3 Å². The molecule has 0 aromatic heterocycles. The molecule has 0 bridgehead atoms. The van der Waals surface area contributed by atoms with Gasteiger partial charge in [-0.1, -0.05) is 0 Å². The Hall–Kier alpha value is -0.800. The van der Waals surface area contributed by atoms with Gasteiger partial charge >= 0.3 is 12.4 Å². The molecule has 0 amide bonds. The zero-order valence-corrected chi connectivity index (χ0v) is 10.9. The fourth-order valence-electron chi connectivity index (χ4n) is 1.34. The number of ketones is 1. The minimum Gasteiger partial charge on any atom is -0.294 e. The quantitative estimate of drug-likeness (QED) is 0.396. The number of halogens is 7. The van der Waals surface area contributed by atoms with E-state index in [-0.39, 0.29) is 6.07 Å². The summed E-state index contributed by atoms with van der Waals surface area (Å²) >= 11 is 1.14. The fourth-order valence-corrected chi connectivity index (χ4v) is 2.27. The highest BCUT2D eigenvalue weighted by atomic mass is 127. The molecular formula is C10H5F6IO. The van der Waals surface area contributed by atoms with Gasteiger partial charge in [0.05, 0.1) is 11.1 Å². The molecule has 0 atom stereocenters. The number of carbonyl (C=O) groups is 1. The number of hydrogen-bond acceptors (Lipinski definition) is 1. The van der Waals surface area contributed by atoms with Gasteiger partial charge in [-0.3, -0.25) is 4.79 Å². The summed E-state index contributed by atoms with van der Waals surface area (Å²) in [5, 5.41) is 0. The van der Waals surface area contributed by atoms with Crippen LogP contribution in [0.3, 0.4) is 0 Å². The summed E-state index contributed by atoms with van der Waals surface area (Å²) in [4.78, 5) is 11.1. The summed E-state index contributed by atoms with van der Waals surface area (Å²) in [6.07, 6.45) is -9.67. The summed E-state index contributed by atoms with van der Waals surface area (Å²) < 4.78 is 74.7. The normalized spacial score (nSPS) is 12.7. The molecule has 0 aliphatic carbocycles. The molecule has 1 aromatic rings. The molecule has 1 nitrogen and oxygen atoms in total. The van der Waals surface area contributed by atoms with E-state index in [4.69, 9.17) is 0 Å². The molecule has 0 radical (unpaired) electrons. The van der Waals surface area contributed by atoms with E-state index in [1.54, 1.807) is 0 Å². The van der Waals surface area contributed by atoms with Crippen LogP contribution in [0, 0.1) is 3.57 Å². The number of carbonyl (C=O) groups excluding carboxylic acids is 1. The zero-order valence-electron chi connectivity index (χ0n) is 8.71. The largest absolute Gasteiger partial charge is 0.418 e. The highest BCUT2D eigenvalue weighted by Crippen LogP contribution is 2.39. The van der Waals surface area contributed by atoms with Crippen LogP contribution in [0.4, 0.5) is 26.3 Å². The molecular weight excluding hydrogens is 377 g/mol. The van der Waals surface area contributed by atoms with Gasteiger partial charge < -0.3 is 0 Å². The van der Waals surface area contributed by atoms with Crippen LogP contribution in [-0.4, -0.2) is 5.78 Å². The third-order valence-electron chi connectivity index (χ3n) is 2.08. The Bertz CT molecular complexity index is 488. The minimum atomic E-state index is -4.87. The van der Waals surface area contributed by atoms with Gasteiger partial charge in [0, 0.05) is 9.13 Å². The third kappa shape index (κ3) is 3.15. The zero-order chi connectivity index (χ0) is 14.3. The van der Waals surface area contributed by atoms with Gasteiger partial charge in [-0.05, 0) is 41.6 Å². The van der Waals surface area contributed by atoms with E-state index in [0.717, 1.165) is 29.5 Å². The number of benzene rings is 1. The average molecular weight is 382 g/mol. The highest BCUT2D eigenvalue weighted by molar-refractivity contribution is 14.1. The SMILES string of the molecule is CC(=O)c1cc(C(F)(F)F)cc(I)c1C(F)(F)F. The molecule has 1 rings (SSSR count). The van der Waals surface area contributed by atoms with E-state index in [2.05, 4.69) is 0 Å². The van der Waals surface area contributed by atoms with Crippen molar-refractivity contribution in [2.24, 2.45) is 0 Å². The van der Waals surface area contributed by atoms with Crippen LogP contribution in [0.25, 0.3) is 0 Å². The molecule has 0 saturated heterocycles. The first-order valence-corrected chi connectivity index (χ1v) is 5.51. The maximum atomic E-state index is 12.7. The van der Waals surface area contributed by atoms with Gasteiger partial charge in [-0.15, -0.1) is 0 Å². The molecule has 0 unspecified atom stereocenters. The molecule has 0 aliphatic heterocycles. The van der Waals surface area contributed by atoms with Crippen LogP contribution in [0.15, 0.2) is 12.1 Å². The van der Waals surface area contributed by atoms with E-state index in [1.807, 2.05) is 0 Å². The first-order chi connectivity index (χ1) is 7.94. The van der Waals surface area contributed by atoms with Crippen molar-refractivity contribution in [3.63, 3.8) is 0 Å². The molecule has 0 spiro atoms.